The van der Waals surface area contributed by atoms with Gasteiger partial charge in [-0.05, 0) is 24.5 Å². The molecule has 0 spiro atoms. The molecular weight excluding hydrogens is 230 g/mol. The maximum atomic E-state index is 5.77. The summed E-state index contributed by atoms with van der Waals surface area (Å²) in [6, 6.07) is 3.77. The van der Waals surface area contributed by atoms with Gasteiger partial charge >= 0.3 is 0 Å². The summed E-state index contributed by atoms with van der Waals surface area (Å²) in [6.45, 7) is 4.07. The number of rotatable bonds is 3. The normalized spacial score (nSPS) is 24.1. The highest BCUT2D eigenvalue weighted by Gasteiger charge is 2.26. The Morgan fingerprint density at radius 3 is 2.83 bits per heavy atom. The van der Waals surface area contributed by atoms with Crippen LogP contribution in [0.1, 0.15) is 13.3 Å². The molecule has 2 atom stereocenters. The molecule has 1 aromatic rings. The summed E-state index contributed by atoms with van der Waals surface area (Å²) in [6.07, 6.45) is 1.36. The van der Waals surface area contributed by atoms with Crippen LogP contribution in [0.2, 0.25) is 0 Å². The first-order valence-electron chi connectivity index (χ1n) is 6.24. The predicted molar refractivity (Wildman–Crippen MR) is 72.0 cm³/mol. The van der Waals surface area contributed by atoms with Crippen LogP contribution in [0.25, 0.3) is 0 Å². The fourth-order valence-electron chi connectivity index (χ4n) is 2.33. The van der Waals surface area contributed by atoms with Crippen molar-refractivity contribution in [3.8, 4) is 5.88 Å². The van der Waals surface area contributed by atoms with E-state index in [1.54, 1.807) is 14.2 Å². The number of nitrogen functional groups attached to an aromatic ring is 1. The molecule has 2 unspecified atom stereocenters. The molecule has 5 heteroatoms. The molecule has 0 aromatic carbocycles. The number of methoxy groups -OCH3 is 2. The van der Waals surface area contributed by atoms with Crippen LogP contribution in [0.15, 0.2) is 12.1 Å². The summed E-state index contributed by atoms with van der Waals surface area (Å²) in [4.78, 5) is 6.65. The molecule has 18 heavy (non-hydrogen) atoms. The van der Waals surface area contributed by atoms with Crippen LogP contribution in [0.4, 0.5) is 11.5 Å². The Balaban J connectivity index is 2.16. The molecule has 1 aromatic heterocycles. The third-order valence-electron chi connectivity index (χ3n) is 3.58. The van der Waals surface area contributed by atoms with Crippen molar-refractivity contribution in [2.45, 2.75) is 19.4 Å². The number of hydrogen-bond acceptors (Lipinski definition) is 5. The molecule has 5 nitrogen and oxygen atoms in total. The lowest BCUT2D eigenvalue weighted by Crippen LogP contribution is -2.44. The van der Waals surface area contributed by atoms with Crippen LogP contribution in [0.3, 0.4) is 0 Å². The van der Waals surface area contributed by atoms with Crippen molar-refractivity contribution in [2.24, 2.45) is 5.92 Å². The van der Waals surface area contributed by atoms with Gasteiger partial charge in [-0.1, -0.05) is 6.92 Å². The molecule has 2 N–H and O–H groups in total. The predicted octanol–water partition coefficient (Wildman–Crippen LogP) is 1.53. The Labute approximate surface area is 108 Å². The second-order valence-corrected chi connectivity index (χ2v) is 4.75. The molecule has 0 aliphatic carbocycles. The fourth-order valence-corrected chi connectivity index (χ4v) is 2.33. The van der Waals surface area contributed by atoms with E-state index in [2.05, 4.69) is 16.8 Å². The molecule has 0 amide bonds. The van der Waals surface area contributed by atoms with E-state index in [1.165, 1.54) is 0 Å². The summed E-state index contributed by atoms with van der Waals surface area (Å²) >= 11 is 0. The van der Waals surface area contributed by atoms with E-state index in [9.17, 15) is 0 Å². The highest BCUT2D eigenvalue weighted by Crippen LogP contribution is 2.27. The summed E-state index contributed by atoms with van der Waals surface area (Å²) in [7, 11) is 3.35. The Kier molecular flexibility index (Phi) is 3.91. The molecule has 1 aliphatic rings. The molecule has 1 aliphatic heterocycles. The van der Waals surface area contributed by atoms with Gasteiger partial charge in [0.15, 0.2) is 0 Å². The molecule has 0 saturated carbocycles. The first kappa shape index (κ1) is 13.0. The lowest BCUT2D eigenvalue weighted by molar-refractivity contribution is 0.0496. The maximum absolute atomic E-state index is 5.77. The maximum Gasteiger partial charge on any atom is 0.238 e. The number of piperidine rings is 1. The zero-order chi connectivity index (χ0) is 13.1. The van der Waals surface area contributed by atoms with Crippen LogP contribution in [-0.2, 0) is 4.74 Å². The first-order chi connectivity index (χ1) is 8.65. The lowest BCUT2D eigenvalue weighted by Gasteiger charge is -2.37. The van der Waals surface area contributed by atoms with Gasteiger partial charge in [0, 0.05) is 20.2 Å². The molecular formula is C13H21N3O2. The van der Waals surface area contributed by atoms with Crippen LogP contribution >= 0.6 is 0 Å². The number of nitrogens with zero attached hydrogens (tertiary/aromatic N) is 2. The molecule has 1 saturated heterocycles. The topological polar surface area (TPSA) is 60.6 Å². The standard InChI is InChI=1S/C13H21N3O2/c1-9-6-7-16(8-11(9)17-2)12-5-4-10(14)13(15-12)18-3/h4-5,9,11H,6-8,14H2,1-3H3. The Hall–Kier alpha value is -1.49. The van der Waals surface area contributed by atoms with Crippen molar-refractivity contribution < 1.29 is 9.47 Å². The molecule has 1 fully saturated rings. The van der Waals surface area contributed by atoms with Gasteiger partial charge in [-0.2, -0.15) is 4.98 Å². The van der Waals surface area contributed by atoms with E-state index in [1.807, 2.05) is 12.1 Å². The zero-order valence-corrected chi connectivity index (χ0v) is 11.2. The second-order valence-electron chi connectivity index (χ2n) is 4.75. The van der Waals surface area contributed by atoms with E-state index < -0.39 is 0 Å². The van der Waals surface area contributed by atoms with Gasteiger partial charge < -0.3 is 20.1 Å². The Morgan fingerprint density at radius 1 is 1.39 bits per heavy atom. The van der Waals surface area contributed by atoms with E-state index in [0.717, 1.165) is 25.3 Å². The van der Waals surface area contributed by atoms with E-state index >= 15 is 0 Å². The minimum absolute atomic E-state index is 0.254. The Bertz CT molecular complexity index is 411. The van der Waals surface area contributed by atoms with Crippen molar-refractivity contribution in [2.75, 3.05) is 37.9 Å². The number of hydrogen-bond donors (Lipinski definition) is 1. The lowest BCUT2D eigenvalue weighted by atomic mass is 9.96. The summed E-state index contributed by atoms with van der Waals surface area (Å²) in [5.74, 6) is 1.97. The monoisotopic (exact) mass is 251 g/mol. The second kappa shape index (κ2) is 5.44. The SMILES string of the molecule is COc1nc(N2CCC(C)C(OC)C2)ccc1N. The van der Waals surface area contributed by atoms with Gasteiger partial charge in [-0.25, -0.2) is 0 Å². The summed E-state index contributed by atoms with van der Waals surface area (Å²) < 4.78 is 10.7. The van der Waals surface area contributed by atoms with Crippen molar-refractivity contribution in [3.05, 3.63) is 12.1 Å². The molecule has 2 rings (SSSR count). The van der Waals surface area contributed by atoms with Gasteiger partial charge in [-0.15, -0.1) is 0 Å². The van der Waals surface area contributed by atoms with E-state index in [4.69, 9.17) is 15.2 Å². The number of aromatic nitrogens is 1. The zero-order valence-electron chi connectivity index (χ0n) is 11.2. The molecule has 100 valence electrons. The van der Waals surface area contributed by atoms with Crippen LogP contribution < -0.4 is 15.4 Å². The third-order valence-corrected chi connectivity index (χ3v) is 3.58. The van der Waals surface area contributed by atoms with Gasteiger partial charge in [-0.3, -0.25) is 0 Å². The van der Waals surface area contributed by atoms with Crippen molar-refractivity contribution in [3.63, 3.8) is 0 Å². The first-order valence-corrected chi connectivity index (χ1v) is 6.24. The average molecular weight is 251 g/mol. The number of anilines is 2. The van der Waals surface area contributed by atoms with Gasteiger partial charge in [0.25, 0.3) is 0 Å². The average Bonchev–Trinajstić information content (AvgIpc) is 2.40. The van der Waals surface area contributed by atoms with Crippen molar-refractivity contribution >= 4 is 11.5 Å². The molecule has 0 bridgehead atoms. The highest BCUT2D eigenvalue weighted by atomic mass is 16.5. The largest absolute Gasteiger partial charge is 0.479 e. The van der Waals surface area contributed by atoms with Crippen molar-refractivity contribution in [1.82, 2.24) is 4.98 Å². The molecule has 2 heterocycles. The Morgan fingerprint density at radius 2 is 2.17 bits per heavy atom. The minimum Gasteiger partial charge on any atom is -0.479 e. The highest BCUT2D eigenvalue weighted by molar-refractivity contribution is 5.54. The minimum atomic E-state index is 0.254. The van der Waals surface area contributed by atoms with E-state index in [-0.39, 0.29) is 6.10 Å². The smallest absolute Gasteiger partial charge is 0.238 e. The third kappa shape index (κ3) is 2.51. The van der Waals surface area contributed by atoms with Crippen LogP contribution in [0, 0.1) is 5.92 Å². The van der Waals surface area contributed by atoms with Gasteiger partial charge in [0.1, 0.15) is 5.82 Å². The number of pyridine rings is 1. The number of nitrogens with two attached hydrogens (primary N) is 1. The quantitative estimate of drug-likeness (QED) is 0.883. The number of ether oxygens (including phenoxy) is 2. The molecule has 0 radical (unpaired) electrons. The van der Waals surface area contributed by atoms with Crippen LogP contribution in [-0.4, -0.2) is 38.4 Å². The van der Waals surface area contributed by atoms with Gasteiger partial charge in [0.05, 0.1) is 18.9 Å². The van der Waals surface area contributed by atoms with Crippen LogP contribution in [0.5, 0.6) is 5.88 Å². The van der Waals surface area contributed by atoms with E-state index in [0.29, 0.717) is 17.5 Å². The van der Waals surface area contributed by atoms with Gasteiger partial charge in [0.2, 0.25) is 5.88 Å². The van der Waals surface area contributed by atoms with Crippen molar-refractivity contribution in [1.29, 1.82) is 0 Å². The summed E-state index contributed by atoms with van der Waals surface area (Å²) in [5.41, 5.74) is 6.34. The summed E-state index contributed by atoms with van der Waals surface area (Å²) in [5, 5.41) is 0. The fraction of sp³-hybridized carbons (Fsp3) is 0.615.